The molecule has 21 heavy (non-hydrogen) atoms. The fourth-order valence-corrected chi connectivity index (χ4v) is 2.47. The van der Waals surface area contributed by atoms with Crippen molar-refractivity contribution in [2.45, 2.75) is 25.8 Å². The van der Waals surface area contributed by atoms with E-state index in [2.05, 4.69) is 17.3 Å². The third kappa shape index (κ3) is 4.23. The van der Waals surface area contributed by atoms with Gasteiger partial charge in [-0.2, -0.15) is 0 Å². The normalized spacial score (nSPS) is 19.0. The molecule has 1 saturated heterocycles. The molecule has 0 aromatic heterocycles. The van der Waals surface area contributed by atoms with E-state index in [-0.39, 0.29) is 5.91 Å². The smallest absolute Gasteiger partial charge is 0.248 e. The molecule has 5 nitrogen and oxygen atoms in total. The second kappa shape index (κ2) is 7.13. The van der Waals surface area contributed by atoms with E-state index in [1.54, 1.807) is 24.3 Å². The van der Waals surface area contributed by atoms with Gasteiger partial charge in [0, 0.05) is 23.9 Å². The Morgan fingerprint density at radius 3 is 3.05 bits per heavy atom. The Hall–Kier alpha value is -2.01. The molecule has 1 heterocycles. The van der Waals surface area contributed by atoms with Crippen LogP contribution in [0, 0.1) is 0 Å². The summed E-state index contributed by atoms with van der Waals surface area (Å²) < 4.78 is 5.49. The van der Waals surface area contributed by atoms with Crippen LogP contribution >= 0.6 is 0 Å². The molecular formula is C16H23N3O2. The molecule has 1 aliphatic rings. The zero-order chi connectivity index (χ0) is 15.2. The lowest BCUT2D eigenvalue weighted by atomic mass is 10.2. The van der Waals surface area contributed by atoms with Gasteiger partial charge in [-0.25, -0.2) is 0 Å². The number of amides is 1. The van der Waals surface area contributed by atoms with Crippen LogP contribution in [0.5, 0.6) is 5.75 Å². The minimum Gasteiger partial charge on any atom is -0.492 e. The van der Waals surface area contributed by atoms with Crippen molar-refractivity contribution in [2.24, 2.45) is 0 Å². The minimum absolute atomic E-state index is 0.152. The summed E-state index contributed by atoms with van der Waals surface area (Å²) in [5.74, 6) is 0.443. The summed E-state index contributed by atoms with van der Waals surface area (Å²) in [5.41, 5.74) is 6.98. The number of anilines is 2. The minimum atomic E-state index is -0.152. The number of carbonyl (C=O) groups is 1. The van der Waals surface area contributed by atoms with Crippen LogP contribution < -0.4 is 15.8 Å². The summed E-state index contributed by atoms with van der Waals surface area (Å²) >= 11 is 0. The lowest BCUT2D eigenvalue weighted by Crippen LogP contribution is -2.23. The number of nitrogen functional groups attached to an aromatic ring is 1. The molecule has 1 fully saturated rings. The molecule has 0 radical (unpaired) electrons. The first-order chi connectivity index (χ1) is 10.1. The Morgan fingerprint density at radius 2 is 2.38 bits per heavy atom. The Morgan fingerprint density at radius 1 is 1.57 bits per heavy atom. The van der Waals surface area contributed by atoms with Crippen molar-refractivity contribution < 1.29 is 9.53 Å². The summed E-state index contributed by atoms with van der Waals surface area (Å²) in [6, 6.07) is 5.57. The second-order valence-electron chi connectivity index (χ2n) is 5.23. The van der Waals surface area contributed by atoms with Crippen LogP contribution in [-0.4, -0.2) is 37.0 Å². The first-order valence-electron chi connectivity index (χ1n) is 7.32. The van der Waals surface area contributed by atoms with Gasteiger partial charge in [-0.05, 0) is 45.5 Å². The van der Waals surface area contributed by atoms with E-state index in [1.807, 2.05) is 13.0 Å². The van der Waals surface area contributed by atoms with Gasteiger partial charge in [0.15, 0.2) is 0 Å². The predicted molar refractivity (Wildman–Crippen MR) is 85.4 cm³/mol. The number of nitrogens with one attached hydrogen (secondary N) is 1. The maximum Gasteiger partial charge on any atom is 0.248 e. The average Bonchev–Trinajstić information content (AvgIpc) is 2.85. The van der Waals surface area contributed by atoms with Crippen LogP contribution in [0.15, 0.2) is 30.4 Å². The summed E-state index contributed by atoms with van der Waals surface area (Å²) in [4.78, 5) is 14.3. The fraction of sp³-hybridized carbons (Fsp3) is 0.438. The maximum atomic E-state index is 12.0. The van der Waals surface area contributed by atoms with Crippen molar-refractivity contribution in [1.29, 1.82) is 0 Å². The number of ether oxygens (including phenoxy) is 1. The summed E-state index contributed by atoms with van der Waals surface area (Å²) in [6.45, 7) is 3.50. The van der Waals surface area contributed by atoms with Crippen molar-refractivity contribution in [3.63, 3.8) is 0 Å². The lowest BCUT2D eigenvalue weighted by Gasteiger charge is -2.15. The third-order valence-electron chi connectivity index (χ3n) is 3.61. The van der Waals surface area contributed by atoms with E-state index >= 15 is 0 Å². The van der Waals surface area contributed by atoms with E-state index in [1.165, 1.54) is 6.42 Å². The number of benzene rings is 1. The van der Waals surface area contributed by atoms with Gasteiger partial charge in [-0.3, -0.25) is 9.69 Å². The van der Waals surface area contributed by atoms with Crippen LogP contribution in [0.1, 0.15) is 19.8 Å². The molecule has 1 aromatic carbocycles. The molecule has 2 rings (SSSR count). The van der Waals surface area contributed by atoms with Crippen molar-refractivity contribution in [3.05, 3.63) is 30.4 Å². The molecular weight excluding hydrogens is 266 g/mol. The van der Waals surface area contributed by atoms with Crippen LogP contribution in [0.3, 0.4) is 0 Å². The molecule has 1 aromatic rings. The van der Waals surface area contributed by atoms with Gasteiger partial charge in [-0.1, -0.05) is 6.08 Å². The topological polar surface area (TPSA) is 67.6 Å². The highest BCUT2D eigenvalue weighted by Gasteiger charge is 2.18. The van der Waals surface area contributed by atoms with E-state index in [4.69, 9.17) is 10.5 Å². The van der Waals surface area contributed by atoms with E-state index in [0.717, 1.165) is 13.0 Å². The van der Waals surface area contributed by atoms with E-state index < -0.39 is 0 Å². The van der Waals surface area contributed by atoms with Crippen molar-refractivity contribution >= 4 is 17.3 Å². The number of nitrogens with zero attached hydrogens (tertiary/aromatic N) is 1. The number of hydrogen-bond donors (Lipinski definition) is 2. The zero-order valence-electron chi connectivity index (χ0n) is 12.6. The summed E-state index contributed by atoms with van der Waals surface area (Å²) in [6.07, 6.45) is 5.84. The fourth-order valence-electron chi connectivity index (χ4n) is 2.47. The van der Waals surface area contributed by atoms with Crippen LogP contribution in [0.2, 0.25) is 0 Å². The number of nitrogens with two attached hydrogens (primary N) is 1. The number of likely N-dealkylation sites (tertiary alicyclic amines) is 1. The second-order valence-corrected chi connectivity index (χ2v) is 5.23. The van der Waals surface area contributed by atoms with Gasteiger partial charge in [0.2, 0.25) is 5.91 Å². The predicted octanol–water partition coefficient (Wildman–Crippen LogP) is 2.26. The van der Waals surface area contributed by atoms with Gasteiger partial charge in [0.25, 0.3) is 0 Å². The van der Waals surface area contributed by atoms with Gasteiger partial charge in [0.05, 0.1) is 12.3 Å². The molecule has 1 amide bonds. The Bertz CT molecular complexity index is 528. The largest absolute Gasteiger partial charge is 0.492 e. The lowest BCUT2D eigenvalue weighted by molar-refractivity contribution is -0.111. The number of carbonyl (C=O) groups excluding carboxylic acids is 1. The molecule has 3 N–H and O–H groups in total. The molecule has 1 atom stereocenters. The van der Waals surface area contributed by atoms with Crippen LogP contribution in [0.4, 0.5) is 11.4 Å². The van der Waals surface area contributed by atoms with Gasteiger partial charge in [0.1, 0.15) is 5.75 Å². The highest BCUT2D eigenvalue weighted by atomic mass is 16.5. The summed E-state index contributed by atoms with van der Waals surface area (Å²) in [5, 5.41) is 2.84. The van der Waals surface area contributed by atoms with Crippen molar-refractivity contribution in [1.82, 2.24) is 4.90 Å². The maximum absolute atomic E-state index is 12.0. The molecule has 5 heteroatoms. The van der Waals surface area contributed by atoms with Crippen molar-refractivity contribution in [3.8, 4) is 5.75 Å². The highest BCUT2D eigenvalue weighted by molar-refractivity contribution is 6.00. The zero-order valence-corrected chi connectivity index (χ0v) is 12.6. The Kier molecular flexibility index (Phi) is 5.22. The third-order valence-corrected chi connectivity index (χ3v) is 3.61. The first kappa shape index (κ1) is 15.4. The molecule has 0 spiro atoms. The Balaban J connectivity index is 2.00. The van der Waals surface area contributed by atoms with Crippen molar-refractivity contribution in [2.75, 3.05) is 31.2 Å². The van der Waals surface area contributed by atoms with Crippen LogP contribution in [-0.2, 0) is 4.79 Å². The average molecular weight is 289 g/mol. The summed E-state index contributed by atoms with van der Waals surface area (Å²) in [7, 11) is 2.08. The molecule has 0 bridgehead atoms. The monoisotopic (exact) mass is 289 g/mol. The van der Waals surface area contributed by atoms with E-state index in [9.17, 15) is 4.79 Å². The molecule has 0 unspecified atom stereocenters. The molecule has 0 aliphatic carbocycles. The number of rotatable bonds is 5. The first-order valence-corrected chi connectivity index (χ1v) is 7.32. The number of likely N-dealkylation sites (N-methyl/N-ethyl adjacent to an activating group) is 1. The standard InChI is InChI=1S/C16H23N3O2/c1-3-21-15-11-12(17)6-8-14(15)18-16(20)9-7-13-5-4-10-19(13)2/h6-9,11,13H,3-5,10,17H2,1-2H3,(H,18,20)/b9-7+/t13-/m1/s1. The molecule has 0 saturated carbocycles. The Labute approximate surface area is 125 Å². The quantitative estimate of drug-likeness (QED) is 0.644. The van der Waals surface area contributed by atoms with Gasteiger partial charge < -0.3 is 15.8 Å². The van der Waals surface area contributed by atoms with Crippen LogP contribution in [0.25, 0.3) is 0 Å². The molecule has 114 valence electrons. The highest BCUT2D eigenvalue weighted by Crippen LogP contribution is 2.27. The van der Waals surface area contributed by atoms with E-state index in [0.29, 0.717) is 29.8 Å². The SMILES string of the molecule is CCOc1cc(N)ccc1NC(=O)/C=C/[C@H]1CCCN1C. The van der Waals surface area contributed by atoms with Gasteiger partial charge in [-0.15, -0.1) is 0 Å². The molecule has 1 aliphatic heterocycles. The van der Waals surface area contributed by atoms with Gasteiger partial charge >= 0.3 is 0 Å². The number of hydrogen-bond acceptors (Lipinski definition) is 4.